The van der Waals surface area contributed by atoms with Crippen LogP contribution in [0.1, 0.15) is 17.3 Å². The number of carbonyl (C=O) groups is 2. The van der Waals surface area contributed by atoms with Crippen LogP contribution in [0.4, 0.5) is 10.1 Å². The molecule has 1 fully saturated rings. The number of nitrogens with zero attached hydrogens (tertiary/aromatic N) is 1. The van der Waals surface area contributed by atoms with Crippen LogP contribution < -0.4 is 19.7 Å². The third-order valence-corrected chi connectivity index (χ3v) is 5.16. The summed E-state index contributed by atoms with van der Waals surface area (Å²) < 4.78 is 23.8. The molecule has 0 unspecified atom stereocenters. The highest BCUT2D eigenvalue weighted by molar-refractivity contribution is 5.95. The predicted molar refractivity (Wildman–Crippen MR) is 111 cm³/mol. The number of rotatable bonds is 7. The minimum absolute atomic E-state index is 0.0379. The molecular formula is C22H27FN3O4+. The molecule has 8 heteroatoms. The van der Waals surface area contributed by atoms with Crippen molar-refractivity contribution in [2.75, 3.05) is 51.8 Å². The molecule has 1 aliphatic rings. The Kier molecular flexibility index (Phi) is 7.24. The number of nitrogens with one attached hydrogen (secondary N) is 2. The van der Waals surface area contributed by atoms with Gasteiger partial charge >= 0.3 is 0 Å². The van der Waals surface area contributed by atoms with Crippen LogP contribution in [-0.2, 0) is 4.79 Å². The molecule has 2 amide bonds. The van der Waals surface area contributed by atoms with E-state index < -0.39 is 0 Å². The molecule has 1 saturated heterocycles. The maximum Gasteiger partial charge on any atom is 0.262 e. The number of hydrogen-bond donors (Lipinski definition) is 2. The largest absolute Gasteiger partial charge is 0.493 e. The number of methoxy groups -OCH3 is 1. The number of halogens is 1. The quantitative estimate of drug-likeness (QED) is 0.712. The summed E-state index contributed by atoms with van der Waals surface area (Å²) in [5, 5.41) is 2.62. The highest BCUT2D eigenvalue weighted by Gasteiger charge is 2.24. The van der Waals surface area contributed by atoms with Crippen molar-refractivity contribution in [2.45, 2.75) is 6.92 Å². The molecule has 0 radical (unpaired) electrons. The van der Waals surface area contributed by atoms with E-state index in [0.717, 1.165) is 32.7 Å². The Labute approximate surface area is 175 Å². The highest BCUT2D eigenvalue weighted by Crippen LogP contribution is 2.28. The molecule has 7 nitrogen and oxygen atoms in total. The minimum atomic E-state index is -0.389. The summed E-state index contributed by atoms with van der Waals surface area (Å²) in [5.74, 6) is -0.0573. The predicted octanol–water partition coefficient (Wildman–Crippen LogP) is 1.21. The SMILES string of the molecule is CC[NH+]1CCN(C(=O)c2ccc(OCC(=O)Nc3ccc(F)cc3)c(OC)c2)CC1. The van der Waals surface area contributed by atoms with E-state index in [4.69, 9.17) is 9.47 Å². The number of hydrogen-bond acceptors (Lipinski definition) is 4. The zero-order valence-corrected chi connectivity index (χ0v) is 17.2. The summed E-state index contributed by atoms with van der Waals surface area (Å²) >= 11 is 0. The summed E-state index contributed by atoms with van der Waals surface area (Å²) in [6.07, 6.45) is 0. The number of ether oxygens (including phenoxy) is 2. The van der Waals surface area contributed by atoms with Gasteiger partial charge in [0.05, 0.1) is 39.8 Å². The fourth-order valence-electron chi connectivity index (χ4n) is 3.36. The maximum atomic E-state index is 12.9. The highest BCUT2D eigenvalue weighted by atomic mass is 19.1. The number of piperazine rings is 1. The lowest BCUT2D eigenvalue weighted by Crippen LogP contribution is -3.14. The van der Waals surface area contributed by atoms with Crippen molar-refractivity contribution in [2.24, 2.45) is 0 Å². The van der Waals surface area contributed by atoms with E-state index in [0.29, 0.717) is 22.7 Å². The van der Waals surface area contributed by atoms with Crippen molar-refractivity contribution in [1.82, 2.24) is 4.90 Å². The lowest BCUT2D eigenvalue weighted by atomic mass is 10.1. The van der Waals surface area contributed by atoms with Crippen molar-refractivity contribution < 1.29 is 28.4 Å². The first-order valence-corrected chi connectivity index (χ1v) is 9.99. The Balaban J connectivity index is 1.59. The van der Waals surface area contributed by atoms with Crippen LogP contribution >= 0.6 is 0 Å². The maximum absolute atomic E-state index is 12.9. The summed E-state index contributed by atoms with van der Waals surface area (Å²) in [5.41, 5.74) is 0.998. The van der Waals surface area contributed by atoms with Crippen LogP contribution in [0.3, 0.4) is 0 Å². The van der Waals surface area contributed by atoms with Crippen molar-refractivity contribution in [3.63, 3.8) is 0 Å². The summed E-state index contributed by atoms with van der Waals surface area (Å²) in [7, 11) is 1.48. The molecule has 0 aromatic heterocycles. The molecule has 0 atom stereocenters. The van der Waals surface area contributed by atoms with Crippen molar-refractivity contribution in [3.05, 3.63) is 53.8 Å². The Bertz CT molecular complexity index is 880. The molecule has 0 spiro atoms. The van der Waals surface area contributed by atoms with Crippen LogP contribution in [0.25, 0.3) is 0 Å². The average molecular weight is 416 g/mol. The van der Waals surface area contributed by atoms with Crippen molar-refractivity contribution >= 4 is 17.5 Å². The first-order valence-electron chi connectivity index (χ1n) is 9.99. The topological polar surface area (TPSA) is 72.3 Å². The summed E-state index contributed by atoms with van der Waals surface area (Å²) in [6.45, 7) is 6.32. The van der Waals surface area contributed by atoms with Crippen molar-refractivity contribution in [1.29, 1.82) is 0 Å². The second kappa shape index (κ2) is 10.1. The second-order valence-electron chi connectivity index (χ2n) is 7.11. The van der Waals surface area contributed by atoms with Crippen LogP contribution in [0.2, 0.25) is 0 Å². The van der Waals surface area contributed by atoms with Crippen molar-refractivity contribution in [3.8, 4) is 11.5 Å². The Morgan fingerprint density at radius 2 is 1.80 bits per heavy atom. The molecular weight excluding hydrogens is 389 g/mol. The Morgan fingerprint density at radius 3 is 2.43 bits per heavy atom. The summed E-state index contributed by atoms with van der Waals surface area (Å²) in [6, 6.07) is 10.4. The van der Waals surface area contributed by atoms with Gasteiger partial charge < -0.3 is 24.6 Å². The molecule has 0 aliphatic carbocycles. The lowest BCUT2D eigenvalue weighted by Gasteiger charge is -2.31. The molecule has 0 saturated carbocycles. The van der Waals surface area contributed by atoms with E-state index in [2.05, 4.69) is 12.2 Å². The zero-order valence-electron chi connectivity index (χ0n) is 17.2. The molecule has 1 heterocycles. The van der Waals surface area contributed by atoms with Gasteiger partial charge in [0.25, 0.3) is 11.8 Å². The smallest absolute Gasteiger partial charge is 0.262 e. The zero-order chi connectivity index (χ0) is 21.5. The molecule has 30 heavy (non-hydrogen) atoms. The van der Waals surface area contributed by atoms with E-state index >= 15 is 0 Å². The van der Waals surface area contributed by atoms with Gasteiger partial charge in [0.15, 0.2) is 18.1 Å². The molecule has 1 aliphatic heterocycles. The first-order chi connectivity index (χ1) is 14.5. The molecule has 2 aromatic rings. The van der Waals surface area contributed by atoms with E-state index in [1.165, 1.54) is 36.3 Å². The molecule has 3 rings (SSSR count). The van der Waals surface area contributed by atoms with Gasteiger partial charge in [0, 0.05) is 11.3 Å². The molecule has 160 valence electrons. The first kappa shape index (κ1) is 21.6. The van der Waals surface area contributed by atoms with E-state index in [1.807, 2.05) is 4.90 Å². The van der Waals surface area contributed by atoms with E-state index in [1.54, 1.807) is 18.2 Å². The van der Waals surface area contributed by atoms with Crippen LogP contribution in [0, 0.1) is 5.82 Å². The molecule has 2 aromatic carbocycles. The van der Waals surface area contributed by atoms with Gasteiger partial charge in [0.2, 0.25) is 0 Å². The lowest BCUT2D eigenvalue weighted by molar-refractivity contribution is -0.902. The third-order valence-electron chi connectivity index (χ3n) is 5.16. The van der Waals surface area contributed by atoms with Gasteiger partial charge in [-0.25, -0.2) is 4.39 Å². The van der Waals surface area contributed by atoms with Crippen LogP contribution in [0.15, 0.2) is 42.5 Å². The van der Waals surface area contributed by atoms with Gasteiger partial charge in [-0.2, -0.15) is 0 Å². The van der Waals surface area contributed by atoms with Gasteiger partial charge in [-0.05, 0) is 49.4 Å². The number of amides is 2. The molecule has 2 N–H and O–H groups in total. The fraction of sp³-hybridized carbons (Fsp3) is 0.364. The number of likely N-dealkylation sites (N-methyl/N-ethyl adjacent to an activating group) is 1. The number of carbonyl (C=O) groups excluding carboxylic acids is 2. The normalized spacial score (nSPS) is 14.3. The number of quaternary nitrogens is 1. The van der Waals surface area contributed by atoms with Crippen LogP contribution in [-0.4, -0.2) is 63.2 Å². The number of benzene rings is 2. The van der Waals surface area contributed by atoms with Gasteiger partial charge in [0.1, 0.15) is 5.82 Å². The Hall–Kier alpha value is -3.13. The summed E-state index contributed by atoms with van der Waals surface area (Å²) in [4.78, 5) is 28.2. The average Bonchev–Trinajstić information content (AvgIpc) is 2.78. The molecule has 0 bridgehead atoms. The van der Waals surface area contributed by atoms with Gasteiger partial charge in [-0.3, -0.25) is 9.59 Å². The van der Waals surface area contributed by atoms with Gasteiger partial charge in [-0.1, -0.05) is 0 Å². The third kappa shape index (κ3) is 5.48. The van der Waals surface area contributed by atoms with Crippen LogP contribution in [0.5, 0.6) is 11.5 Å². The number of anilines is 1. The minimum Gasteiger partial charge on any atom is -0.493 e. The van der Waals surface area contributed by atoms with E-state index in [9.17, 15) is 14.0 Å². The second-order valence-corrected chi connectivity index (χ2v) is 7.11. The standard InChI is InChI=1S/C22H26FN3O4/c1-3-25-10-12-26(13-11-25)22(28)16-4-9-19(20(14-16)29-2)30-15-21(27)24-18-7-5-17(23)6-8-18/h4-9,14H,3,10-13,15H2,1-2H3,(H,24,27)/p+1. The fourth-order valence-corrected chi connectivity index (χ4v) is 3.36. The van der Waals surface area contributed by atoms with E-state index in [-0.39, 0.29) is 24.2 Å². The monoisotopic (exact) mass is 416 g/mol. The Morgan fingerprint density at radius 1 is 1.10 bits per heavy atom. The van der Waals surface area contributed by atoms with Gasteiger partial charge in [-0.15, -0.1) is 0 Å².